The Kier molecular flexibility index (Phi) is 3.10. The molecule has 1 aromatic carbocycles. The predicted octanol–water partition coefficient (Wildman–Crippen LogP) is 1.64. The number of aliphatic hydroxyl groups excluding tert-OH is 1. The van der Waals surface area contributed by atoms with E-state index in [9.17, 15) is 5.11 Å². The highest BCUT2D eigenvalue weighted by molar-refractivity contribution is 5.45. The summed E-state index contributed by atoms with van der Waals surface area (Å²) in [6, 6.07) is 5.74. The minimum Gasteiger partial charge on any atom is -0.497 e. The Morgan fingerprint density at radius 1 is 1.41 bits per heavy atom. The molecule has 5 heteroatoms. The van der Waals surface area contributed by atoms with Gasteiger partial charge >= 0.3 is 0 Å². The summed E-state index contributed by atoms with van der Waals surface area (Å²) in [4.78, 5) is 0. The highest BCUT2D eigenvalue weighted by Gasteiger charge is 2.09. The van der Waals surface area contributed by atoms with Crippen molar-refractivity contribution in [3.63, 3.8) is 0 Å². The fourth-order valence-electron chi connectivity index (χ4n) is 1.55. The molecule has 0 fully saturated rings. The summed E-state index contributed by atoms with van der Waals surface area (Å²) >= 11 is 0. The van der Waals surface area contributed by atoms with Gasteiger partial charge in [0.15, 0.2) is 0 Å². The van der Waals surface area contributed by atoms with Gasteiger partial charge in [0.2, 0.25) is 0 Å². The van der Waals surface area contributed by atoms with Gasteiger partial charge in [-0.3, -0.25) is 0 Å². The van der Waals surface area contributed by atoms with E-state index >= 15 is 0 Å². The molecule has 0 aliphatic carbocycles. The Labute approximate surface area is 99.7 Å². The van der Waals surface area contributed by atoms with Gasteiger partial charge in [-0.05, 0) is 25.5 Å². The lowest BCUT2D eigenvalue weighted by Gasteiger charge is -2.07. The molecule has 1 unspecified atom stereocenters. The normalized spacial score (nSPS) is 12.5. The molecule has 0 aliphatic heterocycles. The molecule has 1 atom stereocenters. The van der Waals surface area contributed by atoms with Gasteiger partial charge in [-0.25, -0.2) is 4.68 Å². The zero-order chi connectivity index (χ0) is 12.4. The average Bonchev–Trinajstić information content (AvgIpc) is 2.79. The molecule has 0 aliphatic rings. The number of aliphatic hydroxyl groups is 1. The summed E-state index contributed by atoms with van der Waals surface area (Å²) in [5, 5.41) is 17.3. The number of aromatic nitrogens is 3. The second-order valence-corrected chi connectivity index (χ2v) is 3.92. The number of hydrogen-bond acceptors (Lipinski definition) is 4. The van der Waals surface area contributed by atoms with E-state index in [4.69, 9.17) is 4.74 Å². The Morgan fingerprint density at radius 2 is 2.18 bits per heavy atom. The third-order valence-corrected chi connectivity index (χ3v) is 2.60. The average molecular weight is 233 g/mol. The quantitative estimate of drug-likeness (QED) is 0.875. The van der Waals surface area contributed by atoms with Crippen LogP contribution >= 0.6 is 0 Å². The van der Waals surface area contributed by atoms with Gasteiger partial charge in [-0.15, -0.1) is 5.10 Å². The van der Waals surface area contributed by atoms with E-state index < -0.39 is 6.10 Å². The lowest BCUT2D eigenvalue weighted by molar-refractivity contribution is 0.194. The van der Waals surface area contributed by atoms with Crippen LogP contribution in [0, 0.1) is 6.92 Å². The predicted molar refractivity (Wildman–Crippen MR) is 63.3 cm³/mol. The monoisotopic (exact) mass is 233 g/mol. The number of rotatable bonds is 3. The van der Waals surface area contributed by atoms with Crippen LogP contribution in [-0.2, 0) is 0 Å². The van der Waals surface area contributed by atoms with Gasteiger partial charge in [0.05, 0.1) is 25.1 Å². The van der Waals surface area contributed by atoms with Crippen LogP contribution in [-0.4, -0.2) is 27.2 Å². The van der Waals surface area contributed by atoms with Crippen LogP contribution in [0.15, 0.2) is 24.4 Å². The maximum atomic E-state index is 9.41. The lowest BCUT2D eigenvalue weighted by Crippen LogP contribution is -1.98. The summed E-state index contributed by atoms with van der Waals surface area (Å²) in [5.74, 6) is 0.764. The first-order valence-corrected chi connectivity index (χ1v) is 5.37. The van der Waals surface area contributed by atoms with Crippen molar-refractivity contribution in [2.24, 2.45) is 0 Å². The second kappa shape index (κ2) is 4.55. The Hall–Kier alpha value is -1.88. The maximum absolute atomic E-state index is 9.41. The SMILES string of the molecule is COc1ccc(C)c(-n2cc(C(C)O)nn2)c1. The summed E-state index contributed by atoms with van der Waals surface area (Å²) in [6.07, 6.45) is 1.10. The fourth-order valence-corrected chi connectivity index (χ4v) is 1.55. The molecule has 1 aromatic heterocycles. The van der Waals surface area contributed by atoms with Crippen molar-refractivity contribution >= 4 is 0 Å². The Balaban J connectivity index is 2.44. The molecular weight excluding hydrogens is 218 g/mol. The molecule has 0 bridgehead atoms. The van der Waals surface area contributed by atoms with Crippen LogP contribution in [0.4, 0.5) is 0 Å². The number of nitrogens with zero attached hydrogens (tertiary/aromatic N) is 3. The molecule has 2 rings (SSSR count). The van der Waals surface area contributed by atoms with E-state index in [1.807, 2.05) is 25.1 Å². The zero-order valence-corrected chi connectivity index (χ0v) is 10.1. The topological polar surface area (TPSA) is 60.2 Å². The van der Waals surface area contributed by atoms with Gasteiger partial charge in [0, 0.05) is 6.07 Å². The maximum Gasteiger partial charge on any atom is 0.121 e. The van der Waals surface area contributed by atoms with E-state index in [1.54, 1.807) is 24.9 Å². The number of methoxy groups -OCH3 is 1. The summed E-state index contributed by atoms with van der Waals surface area (Å²) in [6.45, 7) is 3.64. The van der Waals surface area contributed by atoms with Crippen LogP contribution in [0.5, 0.6) is 5.75 Å². The van der Waals surface area contributed by atoms with E-state index in [0.29, 0.717) is 5.69 Å². The fraction of sp³-hybridized carbons (Fsp3) is 0.333. The van der Waals surface area contributed by atoms with E-state index in [1.165, 1.54) is 0 Å². The van der Waals surface area contributed by atoms with Crippen molar-refractivity contribution in [2.75, 3.05) is 7.11 Å². The third kappa shape index (κ3) is 2.29. The van der Waals surface area contributed by atoms with Crippen LogP contribution in [0.3, 0.4) is 0 Å². The van der Waals surface area contributed by atoms with Crippen molar-refractivity contribution in [1.29, 1.82) is 0 Å². The number of ether oxygens (including phenoxy) is 1. The standard InChI is InChI=1S/C12H15N3O2/c1-8-4-5-10(17-3)6-12(8)15-7-11(9(2)16)13-14-15/h4-7,9,16H,1-3H3. The van der Waals surface area contributed by atoms with Crippen molar-refractivity contribution < 1.29 is 9.84 Å². The van der Waals surface area contributed by atoms with E-state index in [-0.39, 0.29) is 0 Å². The smallest absolute Gasteiger partial charge is 0.121 e. The number of benzene rings is 1. The molecule has 1 heterocycles. The molecule has 5 nitrogen and oxygen atoms in total. The van der Waals surface area contributed by atoms with Crippen LogP contribution in [0.2, 0.25) is 0 Å². The first kappa shape index (κ1) is 11.6. The van der Waals surface area contributed by atoms with Gasteiger partial charge in [-0.2, -0.15) is 0 Å². The molecule has 0 radical (unpaired) electrons. The molecule has 0 saturated heterocycles. The molecule has 90 valence electrons. The number of hydrogen-bond donors (Lipinski definition) is 1. The molecule has 17 heavy (non-hydrogen) atoms. The van der Waals surface area contributed by atoms with Crippen molar-refractivity contribution in [3.05, 3.63) is 35.7 Å². The highest BCUT2D eigenvalue weighted by Crippen LogP contribution is 2.21. The third-order valence-electron chi connectivity index (χ3n) is 2.60. The summed E-state index contributed by atoms with van der Waals surface area (Å²) in [5.41, 5.74) is 2.50. The van der Waals surface area contributed by atoms with Gasteiger partial charge in [0.1, 0.15) is 11.4 Å². The van der Waals surface area contributed by atoms with Crippen molar-refractivity contribution in [3.8, 4) is 11.4 Å². The summed E-state index contributed by atoms with van der Waals surface area (Å²) < 4.78 is 6.81. The van der Waals surface area contributed by atoms with Crippen molar-refractivity contribution in [1.82, 2.24) is 15.0 Å². The van der Waals surface area contributed by atoms with E-state index in [2.05, 4.69) is 10.3 Å². The van der Waals surface area contributed by atoms with Gasteiger partial charge in [-0.1, -0.05) is 11.3 Å². The highest BCUT2D eigenvalue weighted by atomic mass is 16.5. The van der Waals surface area contributed by atoms with E-state index in [0.717, 1.165) is 17.0 Å². The molecule has 0 amide bonds. The van der Waals surface area contributed by atoms with Crippen LogP contribution in [0.25, 0.3) is 5.69 Å². The molecule has 0 saturated carbocycles. The molecular formula is C12H15N3O2. The largest absolute Gasteiger partial charge is 0.497 e. The van der Waals surface area contributed by atoms with Crippen LogP contribution in [0.1, 0.15) is 24.3 Å². The second-order valence-electron chi connectivity index (χ2n) is 3.92. The zero-order valence-electron chi connectivity index (χ0n) is 10.1. The van der Waals surface area contributed by atoms with Crippen molar-refractivity contribution in [2.45, 2.75) is 20.0 Å². The summed E-state index contributed by atoms with van der Waals surface area (Å²) in [7, 11) is 1.62. The molecule has 0 spiro atoms. The van der Waals surface area contributed by atoms with Crippen LogP contribution < -0.4 is 4.74 Å². The molecule has 2 aromatic rings. The minimum atomic E-state index is -0.616. The molecule has 1 N–H and O–H groups in total. The Morgan fingerprint density at radius 3 is 2.76 bits per heavy atom. The first-order valence-electron chi connectivity index (χ1n) is 5.37. The lowest BCUT2D eigenvalue weighted by atomic mass is 10.2. The first-order chi connectivity index (χ1) is 8.11. The Bertz CT molecular complexity index is 520. The number of aryl methyl sites for hydroxylation is 1. The van der Waals surface area contributed by atoms with Gasteiger partial charge in [0.25, 0.3) is 0 Å². The minimum absolute atomic E-state index is 0.548. The van der Waals surface area contributed by atoms with Gasteiger partial charge < -0.3 is 9.84 Å².